The van der Waals surface area contributed by atoms with Crippen molar-refractivity contribution in [3.8, 4) is 0 Å². The highest BCUT2D eigenvalue weighted by molar-refractivity contribution is 5.64. The summed E-state index contributed by atoms with van der Waals surface area (Å²) in [5.74, 6) is 0. The van der Waals surface area contributed by atoms with Crippen molar-refractivity contribution in [2.75, 3.05) is 5.32 Å². The van der Waals surface area contributed by atoms with Crippen LogP contribution in [-0.4, -0.2) is 0 Å². The Labute approximate surface area is 87.1 Å². The van der Waals surface area contributed by atoms with Gasteiger partial charge in [0.15, 0.2) is 0 Å². The van der Waals surface area contributed by atoms with Gasteiger partial charge >= 0.3 is 0 Å². The Morgan fingerprint density at radius 1 is 1.13 bits per heavy atom. The second-order valence-electron chi connectivity index (χ2n) is 3.39. The molecule has 15 heavy (non-hydrogen) atoms. The lowest BCUT2D eigenvalue weighted by Gasteiger charge is -2.10. The Bertz CT molecular complexity index is 550. The van der Waals surface area contributed by atoms with Crippen LogP contribution in [0.15, 0.2) is 39.9 Å². The first-order chi connectivity index (χ1) is 7.22. The summed E-state index contributed by atoms with van der Waals surface area (Å²) in [5, 5.41) is 2.97. The fraction of sp³-hybridized carbons (Fsp3) is 0.167. The second-order valence-corrected chi connectivity index (χ2v) is 3.39. The number of hydrogen-bond acceptors (Lipinski definition) is 3. The van der Waals surface area contributed by atoms with E-state index in [0.29, 0.717) is 5.69 Å². The average Bonchev–Trinajstić information content (AvgIpc) is 2.29. The molecule has 0 aromatic heterocycles. The monoisotopic (exact) mass is 201 g/mol. The Hall–Kier alpha value is -1.90. The summed E-state index contributed by atoms with van der Waals surface area (Å²) < 4.78 is 0. The first-order valence-electron chi connectivity index (χ1n) is 4.87. The molecule has 0 heterocycles. The van der Waals surface area contributed by atoms with E-state index in [9.17, 15) is 9.59 Å². The van der Waals surface area contributed by atoms with E-state index in [4.69, 9.17) is 0 Å². The van der Waals surface area contributed by atoms with Crippen molar-refractivity contribution in [2.24, 2.45) is 0 Å². The third-order valence-electron chi connectivity index (χ3n) is 2.41. The van der Waals surface area contributed by atoms with Gasteiger partial charge in [0.2, 0.25) is 10.9 Å². The number of anilines is 2. The SMILES string of the molecule is CCc1ccccc1Nc1cc(=O)c1=O. The maximum atomic E-state index is 11.1. The Morgan fingerprint density at radius 3 is 2.47 bits per heavy atom. The van der Waals surface area contributed by atoms with Crippen LogP contribution in [-0.2, 0) is 6.42 Å². The molecule has 0 aliphatic rings. The fourth-order valence-electron chi connectivity index (χ4n) is 1.51. The van der Waals surface area contributed by atoms with Gasteiger partial charge in [-0.05, 0) is 18.1 Å². The highest BCUT2D eigenvalue weighted by Crippen LogP contribution is 2.18. The van der Waals surface area contributed by atoms with Crippen LogP contribution in [0.4, 0.5) is 11.4 Å². The molecule has 0 radical (unpaired) electrons. The van der Waals surface area contributed by atoms with Crippen molar-refractivity contribution < 1.29 is 0 Å². The molecule has 76 valence electrons. The fourth-order valence-corrected chi connectivity index (χ4v) is 1.51. The molecular formula is C12H11NO2. The molecule has 0 atom stereocenters. The van der Waals surface area contributed by atoms with E-state index in [0.717, 1.165) is 17.7 Å². The molecule has 0 unspecified atom stereocenters. The van der Waals surface area contributed by atoms with Crippen molar-refractivity contribution in [3.05, 3.63) is 56.3 Å². The zero-order valence-corrected chi connectivity index (χ0v) is 8.41. The molecule has 0 aliphatic heterocycles. The summed E-state index contributed by atoms with van der Waals surface area (Å²) in [6, 6.07) is 9.07. The van der Waals surface area contributed by atoms with Crippen LogP contribution in [0.1, 0.15) is 12.5 Å². The lowest BCUT2D eigenvalue weighted by Crippen LogP contribution is -2.31. The van der Waals surface area contributed by atoms with Gasteiger partial charge in [0, 0.05) is 11.8 Å². The number of nitrogens with one attached hydrogen (secondary N) is 1. The molecular weight excluding hydrogens is 190 g/mol. The molecule has 0 fully saturated rings. The van der Waals surface area contributed by atoms with Crippen LogP contribution in [0.5, 0.6) is 0 Å². The third kappa shape index (κ3) is 1.68. The number of benzene rings is 1. The molecule has 2 aromatic carbocycles. The lowest BCUT2D eigenvalue weighted by atomic mass is 10.1. The lowest BCUT2D eigenvalue weighted by molar-refractivity contribution is 1.14. The van der Waals surface area contributed by atoms with E-state index < -0.39 is 10.9 Å². The maximum Gasteiger partial charge on any atom is 0.249 e. The standard InChI is InChI=1S/C12H11NO2/c1-2-8-5-3-4-6-9(8)13-10-7-11(14)12(10)15/h3-7,13H,2H2,1H3. The van der Waals surface area contributed by atoms with Crippen molar-refractivity contribution in [3.63, 3.8) is 0 Å². The molecule has 0 saturated heterocycles. The Balaban J connectivity index is 2.29. The van der Waals surface area contributed by atoms with Crippen molar-refractivity contribution in [1.82, 2.24) is 0 Å². The molecule has 0 aliphatic carbocycles. The van der Waals surface area contributed by atoms with Crippen LogP contribution in [0.2, 0.25) is 0 Å². The first-order valence-corrected chi connectivity index (χ1v) is 4.87. The molecule has 3 heteroatoms. The molecule has 2 aromatic rings. The van der Waals surface area contributed by atoms with Gasteiger partial charge in [-0.1, -0.05) is 25.1 Å². The molecule has 0 amide bonds. The molecule has 0 spiro atoms. The molecule has 1 N–H and O–H groups in total. The predicted octanol–water partition coefficient (Wildman–Crippen LogP) is 1.59. The Kier molecular flexibility index (Phi) is 2.37. The summed E-state index contributed by atoms with van der Waals surface area (Å²) in [6.07, 6.45) is 0.887. The van der Waals surface area contributed by atoms with Gasteiger partial charge in [0.1, 0.15) is 0 Å². The summed E-state index contributed by atoms with van der Waals surface area (Å²) in [4.78, 5) is 21.8. The maximum absolute atomic E-state index is 11.1. The van der Waals surface area contributed by atoms with Crippen LogP contribution >= 0.6 is 0 Å². The van der Waals surface area contributed by atoms with Gasteiger partial charge in [-0.3, -0.25) is 9.59 Å². The van der Waals surface area contributed by atoms with Crippen LogP contribution in [0.3, 0.4) is 0 Å². The van der Waals surface area contributed by atoms with Crippen LogP contribution < -0.4 is 16.2 Å². The first kappa shape index (κ1) is 9.65. The van der Waals surface area contributed by atoms with Gasteiger partial charge in [0.05, 0.1) is 5.69 Å². The zero-order chi connectivity index (χ0) is 10.8. The zero-order valence-electron chi connectivity index (χ0n) is 8.41. The minimum atomic E-state index is -0.430. The number of rotatable bonds is 3. The normalized spacial score (nSPS) is 10.5. The highest BCUT2D eigenvalue weighted by atomic mass is 16.2. The summed E-state index contributed by atoms with van der Waals surface area (Å²) >= 11 is 0. The van der Waals surface area contributed by atoms with Crippen molar-refractivity contribution in [1.29, 1.82) is 0 Å². The van der Waals surface area contributed by atoms with Crippen molar-refractivity contribution >= 4 is 11.4 Å². The van der Waals surface area contributed by atoms with Gasteiger partial charge in [-0.25, -0.2) is 0 Å². The third-order valence-corrected chi connectivity index (χ3v) is 2.41. The molecule has 2 rings (SSSR count). The quantitative estimate of drug-likeness (QED) is 0.767. The van der Waals surface area contributed by atoms with E-state index in [1.54, 1.807) is 0 Å². The summed E-state index contributed by atoms with van der Waals surface area (Å²) in [5.41, 5.74) is 1.56. The van der Waals surface area contributed by atoms with E-state index in [1.807, 2.05) is 31.2 Å². The van der Waals surface area contributed by atoms with Crippen LogP contribution in [0.25, 0.3) is 0 Å². The van der Waals surface area contributed by atoms with E-state index in [-0.39, 0.29) is 0 Å². The molecule has 0 bridgehead atoms. The molecule has 3 nitrogen and oxygen atoms in total. The number of para-hydroxylation sites is 1. The number of aryl methyl sites for hydroxylation is 1. The largest absolute Gasteiger partial charge is 0.352 e. The van der Waals surface area contributed by atoms with E-state index >= 15 is 0 Å². The summed E-state index contributed by atoms with van der Waals surface area (Å²) in [7, 11) is 0. The minimum absolute atomic E-state index is 0.390. The predicted molar refractivity (Wildman–Crippen MR) is 60.5 cm³/mol. The average molecular weight is 201 g/mol. The summed E-state index contributed by atoms with van der Waals surface area (Å²) in [6.45, 7) is 2.04. The smallest absolute Gasteiger partial charge is 0.249 e. The highest BCUT2D eigenvalue weighted by Gasteiger charge is 2.10. The van der Waals surface area contributed by atoms with E-state index in [1.165, 1.54) is 6.07 Å². The van der Waals surface area contributed by atoms with Gasteiger partial charge in [0.25, 0.3) is 0 Å². The molecule has 0 saturated carbocycles. The van der Waals surface area contributed by atoms with Gasteiger partial charge < -0.3 is 5.32 Å². The Morgan fingerprint density at radius 2 is 1.87 bits per heavy atom. The van der Waals surface area contributed by atoms with E-state index in [2.05, 4.69) is 5.32 Å². The van der Waals surface area contributed by atoms with Gasteiger partial charge in [-0.15, -0.1) is 0 Å². The van der Waals surface area contributed by atoms with Crippen LogP contribution in [0, 0.1) is 0 Å². The second kappa shape index (κ2) is 3.69. The van der Waals surface area contributed by atoms with Crippen molar-refractivity contribution in [2.45, 2.75) is 13.3 Å². The van der Waals surface area contributed by atoms with Gasteiger partial charge in [-0.2, -0.15) is 0 Å². The minimum Gasteiger partial charge on any atom is -0.352 e. The number of hydrogen-bond donors (Lipinski definition) is 1. The topological polar surface area (TPSA) is 46.2 Å².